The van der Waals surface area contributed by atoms with E-state index in [1.54, 1.807) is 6.08 Å². The first kappa shape index (κ1) is 43.8. The van der Waals surface area contributed by atoms with Gasteiger partial charge in [0.25, 0.3) is 10.1 Å². The van der Waals surface area contributed by atoms with Gasteiger partial charge in [0.05, 0.1) is 17.9 Å². The van der Waals surface area contributed by atoms with E-state index < -0.39 is 28.0 Å². The number of aliphatic hydroxyl groups excluding tert-OH is 1. The molecule has 0 aliphatic heterocycles. The zero-order valence-electron chi connectivity index (χ0n) is 29.5. The Morgan fingerprint density at radius 3 is 1.33 bits per heavy atom. The minimum Gasteiger partial charge on any atom is -0.387 e. The molecule has 266 valence electrons. The van der Waals surface area contributed by atoms with E-state index in [4.69, 9.17) is 0 Å². The lowest BCUT2D eigenvalue weighted by Gasteiger charge is -2.21. The molecule has 0 bridgehead atoms. The maximum atomic E-state index is 12.4. The van der Waals surface area contributed by atoms with Crippen LogP contribution in [0.2, 0.25) is 0 Å². The second-order valence-corrected chi connectivity index (χ2v) is 14.7. The SMILES string of the molecule is CCCCCCCCC/C=C/C(O)C(CS(=O)(=O)O)NC(=O)CCCCCCCCCCC/C=C\CCCCCCCCCC. The molecule has 0 radical (unpaired) electrons. The molecule has 3 N–H and O–H groups in total. The summed E-state index contributed by atoms with van der Waals surface area (Å²) in [7, 11) is -4.33. The molecule has 1 amide bonds. The molecule has 0 saturated carbocycles. The lowest BCUT2D eigenvalue weighted by Crippen LogP contribution is -2.46. The first-order valence-corrected chi connectivity index (χ1v) is 20.6. The van der Waals surface area contributed by atoms with Crippen molar-refractivity contribution in [3.63, 3.8) is 0 Å². The van der Waals surface area contributed by atoms with Gasteiger partial charge in [-0.25, -0.2) is 0 Å². The molecule has 0 aliphatic carbocycles. The standard InChI is InChI=1S/C38H73NO5S/c1-3-5-7-9-11-13-14-15-16-17-18-19-20-21-22-23-24-26-28-30-32-34-38(41)39-36(35-45(42,43)44)37(40)33-31-29-27-25-12-10-8-6-4-2/h17-18,31,33,36-37,40H,3-16,19-30,32,34-35H2,1-2H3,(H,39,41)(H,42,43,44)/b18-17-,33-31+. The number of carbonyl (C=O) groups is 1. The quantitative estimate of drug-likeness (QED) is 0.0363. The second-order valence-electron chi connectivity index (χ2n) is 13.2. The second kappa shape index (κ2) is 32.7. The molecule has 0 aromatic rings. The van der Waals surface area contributed by atoms with E-state index in [0.29, 0.717) is 6.42 Å². The molecule has 0 aromatic heterocycles. The number of carbonyl (C=O) groups excluding carboxylic acids is 1. The van der Waals surface area contributed by atoms with Gasteiger partial charge in [0.2, 0.25) is 5.91 Å². The molecule has 0 fully saturated rings. The van der Waals surface area contributed by atoms with Crippen LogP contribution in [0.4, 0.5) is 0 Å². The zero-order valence-corrected chi connectivity index (χ0v) is 30.3. The van der Waals surface area contributed by atoms with Crippen LogP contribution in [-0.2, 0) is 14.9 Å². The van der Waals surface area contributed by atoms with Crippen molar-refractivity contribution in [2.75, 3.05) is 5.75 Å². The van der Waals surface area contributed by atoms with E-state index in [9.17, 15) is 22.9 Å². The number of amides is 1. The highest BCUT2D eigenvalue weighted by Gasteiger charge is 2.24. The van der Waals surface area contributed by atoms with Crippen molar-refractivity contribution < 1.29 is 22.9 Å². The molecule has 45 heavy (non-hydrogen) atoms. The van der Waals surface area contributed by atoms with Gasteiger partial charge in [-0.05, 0) is 44.9 Å². The zero-order chi connectivity index (χ0) is 33.3. The molecule has 2 atom stereocenters. The Morgan fingerprint density at radius 2 is 0.933 bits per heavy atom. The van der Waals surface area contributed by atoms with E-state index in [2.05, 4.69) is 31.3 Å². The third-order valence-corrected chi connectivity index (χ3v) is 9.40. The molecule has 0 heterocycles. The van der Waals surface area contributed by atoms with Gasteiger partial charge in [0.1, 0.15) is 0 Å². The van der Waals surface area contributed by atoms with Crippen LogP contribution in [0.1, 0.15) is 194 Å². The fourth-order valence-electron chi connectivity index (χ4n) is 5.74. The third kappa shape index (κ3) is 34.0. The highest BCUT2D eigenvalue weighted by Crippen LogP contribution is 2.14. The van der Waals surface area contributed by atoms with Gasteiger partial charge in [-0.2, -0.15) is 8.42 Å². The smallest absolute Gasteiger partial charge is 0.267 e. The van der Waals surface area contributed by atoms with Crippen LogP contribution in [0.5, 0.6) is 0 Å². The largest absolute Gasteiger partial charge is 0.387 e. The van der Waals surface area contributed by atoms with Crippen molar-refractivity contribution in [1.29, 1.82) is 0 Å². The van der Waals surface area contributed by atoms with Crippen LogP contribution in [-0.4, -0.2) is 41.9 Å². The minimum atomic E-state index is -4.33. The van der Waals surface area contributed by atoms with Crippen molar-refractivity contribution in [2.45, 2.75) is 206 Å². The van der Waals surface area contributed by atoms with Gasteiger partial charge < -0.3 is 10.4 Å². The van der Waals surface area contributed by atoms with Gasteiger partial charge in [0.15, 0.2) is 0 Å². The molecular formula is C38H73NO5S. The highest BCUT2D eigenvalue weighted by atomic mass is 32.2. The number of unbranched alkanes of at least 4 members (excludes halogenated alkanes) is 24. The highest BCUT2D eigenvalue weighted by molar-refractivity contribution is 7.85. The van der Waals surface area contributed by atoms with E-state index in [0.717, 1.165) is 38.5 Å². The number of hydrogen-bond acceptors (Lipinski definition) is 4. The van der Waals surface area contributed by atoms with E-state index in [1.807, 2.05) is 6.08 Å². The maximum Gasteiger partial charge on any atom is 0.267 e. The number of aliphatic hydroxyl groups is 1. The summed E-state index contributed by atoms with van der Waals surface area (Å²) in [6, 6.07) is -1.05. The monoisotopic (exact) mass is 656 g/mol. The summed E-state index contributed by atoms with van der Waals surface area (Å²) >= 11 is 0. The Morgan fingerprint density at radius 1 is 0.578 bits per heavy atom. The molecular weight excluding hydrogens is 582 g/mol. The Labute approximate surface area is 279 Å². The predicted octanol–water partition coefficient (Wildman–Crippen LogP) is 10.8. The first-order chi connectivity index (χ1) is 21.8. The Bertz CT molecular complexity index is 811. The summed E-state index contributed by atoms with van der Waals surface area (Å²) in [5.41, 5.74) is 0. The van der Waals surface area contributed by atoms with Gasteiger partial charge >= 0.3 is 0 Å². The van der Waals surface area contributed by atoms with Crippen molar-refractivity contribution in [2.24, 2.45) is 0 Å². The van der Waals surface area contributed by atoms with Gasteiger partial charge in [-0.1, -0.05) is 167 Å². The fourth-order valence-corrected chi connectivity index (χ4v) is 6.47. The topological polar surface area (TPSA) is 104 Å². The van der Waals surface area contributed by atoms with Crippen molar-refractivity contribution in [1.82, 2.24) is 5.32 Å². The Hall–Kier alpha value is -1.18. The summed E-state index contributed by atoms with van der Waals surface area (Å²) in [4.78, 5) is 12.4. The van der Waals surface area contributed by atoms with Crippen LogP contribution < -0.4 is 5.32 Å². The van der Waals surface area contributed by atoms with Gasteiger partial charge in [0, 0.05) is 6.42 Å². The fraction of sp³-hybridized carbons (Fsp3) is 0.868. The van der Waals surface area contributed by atoms with Crippen molar-refractivity contribution >= 4 is 16.0 Å². The van der Waals surface area contributed by atoms with Crippen LogP contribution in [0.15, 0.2) is 24.3 Å². The van der Waals surface area contributed by atoms with E-state index in [1.165, 1.54) is 135 Å². The summed E-state index contributed by atoms with van der Waals surface area (Å²) in [6.45, 7) is 4.48. The van der Waals surface area contributed by atoms with Crippen LogP contribution in [0.25, 0.3) is 0 Å². The average Bonchev–Trinajstić information content (AvgIpc) is 3.00. The van der Waals surface area contributed by atoms with Crippen molar-refractivity contribution in [3.8, 4) is 0 Å². The lowest BCUT2D eigenvalue weighted by molar-refractivity contribution is -0.122. The predicted molar refractivity (Wildman–Crippen MR) is 193 cm³/mol. The number of nitrogens with one attached hydrogen (secondary N) is 1. The number of rotatable bonds is 34. The van der Waals surface area contributed by atoms with Crippen LogP contribution in [0, 0.1) is 0 Å². The maximum absolute atomic E-state index is 12.4. The van der Waals surface area contributed by atoms with Crippen molar-refractivity contribution in [3.05, 3.63) is 24.3 Å². The Balaban J connectivity index is 3.84. The van der Waals surface area contributed by atoms with E-state index >= 15 is 0 Å². The molecule has 0 saturated heterocycles. The molecule has 7 heteroatoms. The van der Waals surface area contributed by atoms with Gasteiger partial charge in [-0.3, -0.25) is 9.35 Å². The molecule has 0 spiro atoms. The number of hydrogen-bond donors (Lipinski definition) is 3. The third-order valence-electron chi connectivity index (χ3n) is 8.62. The summed E-state index contributed by atoms with van der Waals surface area (Å²) in [6.07, 6.45) is 40.3. The lowest BCUT2D eigenvalue weighted by atomic mass is 10.0. The molecule has 0 rings (SSSR count). The Kier molecular flexibility index (Phi) is 31.9. The number of allylic oxidation sites excluding steroid dienone is 3. The first-order valence-electron chi connectivity index (χ1n) is 19.0. The van der Waals surface area contributed by atoms with Crippen LogP contribution in [0.3, 0.4) is 0 Å². The normalized spacial score (nSPS) is 13.6. The molecule has 2 unspecified atom stereocenters. The van der Waals surface area contributed by atoms with E-state index in [-0.39, 0.29) is 5.91 Å². The average molecular weight is 656 g/mol. The van der Waals surface area contributed by atoms with Gasteiger partial charge in [-0.15, -0.1) is 0 Å². The summed E-state index contributed by atoms with van der Waals surface area (Å²) in [5, 5.41) is 13.1. The van der Waals surface area contributed by atoms with Crippen LogP contribution >= 0.6 is 0 Å². The molecule has 6 nitrogen and oxygen atoms in total. The minimum absolute atomic E-state index is 0.282. The molecule has 0 aromatic carbocycles. The molecule has 0 aliphatic rings. The summed E-state index contributed by atoms with van der Waals surface area (Å²) in [5.74, 6) is -0.980. The summed E-state index contributed by atoms with van der Waals surface area (Å²) < 4.78 is 32.3.